The van der Waals surface area contributed by atoms with Gasteiger partial charge in [-0.05, 0) is 74.5 Å². The van der Waals surface area contributed by atoms with E-state index in [4.69, 9.17) is 9.84 Å². The zero-order valence-electron chi connectivity index (χ0n) is 19.3. The van der Waals surface area contributed by atoms with Gasteiger partial charge >= 0.3 is 11.9 Å². The summed E-state index contributed by atoms with van der Waals surface area (Å²) in [7, 11) is 0. The lowest BCUT2D eigenvalue weighted by Crippen LogP contribution is -2.63. The van der Waals surface area contributed by atoms with Gasteiger partial charge in [-0.3, -0.25) is 9.59 Å². The zero-order valence-corrected chi connectivity index (χ0v) is 19.3. The number of aliphatic carboxylic acids is 1. The number of allylic oxidation sites excluding steroid dienone is 2. The maximum absolute atomic E-state index is 11.8. The summed E-state index contributed by atoms with van der Waals surface area (Å²) in [4.78, 5) is 22.5. The van der Waals surface area contributed by atoms with E-state index in [0.717, 1.165) is 38.5 Å². The average Bonchev–Trinajstić information content (AvgIpc) is 3.01. The molecule has 0 radical (unpaired) electrons. The van der Waals surface area contributed by atoms with Gasteiger partial charge in [0.1, 0.15) is 12.7 Å². The second kappa shape index (κ2) is 8.41. The molecule has 0 spiro atoms. The molecule has 0 amide bonds. The number of ether oxygens (including phenoxy) is 1. The Morgan fingerprint density at radius 2 is 1.97 bits per heavy atom. The Hall–Kier alpha value is -1.44. The Labute approximate surface area is 189 Å². The molecule has 3 fully saturated rings. The lowest BCUT2D eigenvalue weighted by atomic mass is 9.45. The molecule has 180 valence electrons. The molecule has 0 aliphatic heterocycles. The smallest absolute Gasteiger partial charge is 0.306 e. The highest BCUT2D eigenvalue weighted by Gasteiger charge is 2.67. The van der Waals surface area contributed by atoms with Crippen molar-refractivity contribution in [3.8, 4) is 0 Å². The minimum absolute atomic E-state index is 0.0148. The fraction of sp³-hybridized carbons (Fsp3) is 0.840. The molecule has 0 bridgehead atoms. The molecule has 0 aromatic carbocycles. The van der Waals surface area contributed by atoms with Gasteiger partial charge in [-0.15, -0.1) is 0 Å². The van der Waals surface area contributed by atoms with E-state index in [1.165, 1.54) is 5.57 Å². The Morgan fingerprint density at radius 3 is 2.69 bits per heavy atom. The van der Waals surface area contributed by atoms with E-state index < -0.39 is 35.2 Å². The maximum Gasteiger partial charge on any atom is 0.306 e. The Bertz CT molecular complexity index is 793. The number of carbonyl (C=O) groups is 2. The van der Waals surface area contributed by atoms with Crippen molar-refractivity contribution >= 4 is 11.9 Å². The fourth-order valence-electron chi connectivity index (χ4n) is 8.06. The number of carboxylic acid groups (broad SMARTS) is 1. The number of esters is 1. The molecule has 4 aliphatic carbocycles. The standard InChI is InChI=1S/C25H38O7/c1-23-11-4-3-5-15(23)6-7-16-17-10-12-25(31,24(17,2)13-18(26)22(16)23)19(27)14-32-21(30)9-8-20(28)29/h5,16-19,22,26-27,31H,3-4,6-14H2,1-2H3,(H,28,29)/t16?,17?,18-,19?,22?,23-,24-,25?/m0/s1. The van der Waals surface area contributed by atoms with Gasteiger partial charge < -0.3 is 25.2 Å². The summed E-state index contributed by atoms with van der Waals surface area (Å²) in [5.74, 6) is -1.12. The van der Waals surface area contributed by atoms with Gasteiger partial charge in [-0.25, -0.2) is 0 Å². The number of rotatable bonds is 6. The van der Waals surface area contributed by atoms with Crippen molar-refractivity contribution in [2.75, 3.05) is 6.61 Å². The molecule has 5 unspecified atom stereocenters. The monoisotopic (exact) mass is 450 g/mol. The minimum atomic E-state index is -1.46. The topological polar surface area (TPSA) is 124 Å². The molecular weight excluding hydrogens is 412 g/mol. The molecule has 4 aliphatic rings. The van der Waals surface area contributed by atoms with Gasteiger partial charge in [0.05, 0.1) is 24.5 Å². The molecule has 4 rings (SSSR count). The molecule has 7 heteroatoms. The van der Waals surface area contributed by atoms with Crippen LogP contribution in [0.2, 0.25) is 0 Å². The highest BCUT2D eigenvalue weighted by molar-refractivity contribution is 5.76. The molecule has 4 N–H and O–H groups in total. The summed E-state index contributed by atoms with van der Waals surface area (Å²) in [5, 5.41) is 42.7. The van der Waals surface area contributed by atoms with Crippen molar-refractivity contribution in [1.82, 2.24) is 0 Å². The molecular formula is C25H38O7. The number of hydrogen-bond acceptors (Lipinski definition) is 6. The van der Waals surface area contributed by atoms with Crippen LogP contribution in [0, 0.1) is 28.6 Å². The van der Waals surface area contributed by atoms with Gasteiger partial charge in [0.15, 0.2) is 0 Å². The first-order valence-electron chi connectivity index (χ1n) is 12.2. The normalized spacial score (nSPS) is 44.0. The van der Waals surface area contributed by atoms with Crippen LogP contribution in [0.3, 0.4) is 0 Å². The summed E-state index contributed by atoms with van der Waals surface area (Å²) >= 11 is 0. The van der Waals surface area contributed by atoms with Crippen LogP contribution in [0.25, 0.3) is 0 Å². The number of aliphatic hydroxyl groups is 3. The van der Waals surface area contributed by atoms with Gasteiger partial charge in [0.25, 0.3) is 0 Å². The van der Waals surface area contributed by atoms with E-state index in [1.54, 1.807) is 0 Å². The quantitative estimate of drug-likeness (QED) is 0.362. The molecule has 0 aromatic rings. The number of aliphatic hydroxyl groups excluding tert-OH is 2. The molecule has 0 aromatic heterocycles. The second-order valence-electron chi connectivity index (χ2n) is 11.1. The number of carboxylic acids is 1. The second-order valence-corrected chi connectivity index (χ2v) is 11.1. The zero-order chi connectivity index (χ0) is 23.3. The van der Waals surface area contributed by atoms with E-state index in [9.17, 15) is 24.9 Å². The first kappa shape index (κ1) is 23.7. The van der Waals surface area contributed by atoms with E-state index >= 15 is 0 Å². The Balaban J connectivity index is 1.51. The van der Waals surface area contributed by atoms with Crippen LogP contribution in [-0.2, 0) is 14.3 Å². The van der Waals surface area contributed by atoms with Gasteiger partial charge in [-0.2, -0.15) is 0 Å². The number of carbonyl (C=O) groups excluding carboxylic acids is 1. The SMILES string of the molecule is C[C@]12CCCC=C1CCC1C2[C@@H](O)C[C@@]2(C)C1CCC2(O)C(O)COC(=O)CCC(=O)O. The van der Waals surface area contributed by atoms with Gasteiger partial charge in [0.2, 0.25) is 0 Å². The summed E-state index contributed by atoms with van der Waals surface area (Å²) in [5.41, 5.74) is -0.623. The van der Waals surface area contributed by atoms with Crippen LogP contribution in [0.15, 0.2) is 11.6 Å². The van der Waals surface area contributed by atoms with E-state index in [1.807, 2.05) is 6.92 Å². The molecule has 7 nitrogen and oxygen atoms in total. The molecule has 32 heavy (non-hydrogen) atoms. The van der Waals surface area contributed by atoms with Crippen molar-refractivity contribution in [2.45, 2.75) is 95.9 Å². The first-order valence-corrected chi connectivity index (χ1v) is 12.2. The van der Waals surface area contributed by atoms with Crippen LogP contribution < -0.4 is 0 Å². The molecule has 0 heterocycles. The number of hydrogen-bond donors (Lipinski definition) is 4. The van der Waals surface area contributed by atoms with E-state index in [0.29, 0.717) is 18.8 Å². The van der Waals surface area contributed by atoms with Crippen LogP contribution in [0.1, 0.15) is 78.1 Å². The summed E-state index contributed by atoms with van der Waals surface area (Å²) in [6.45, 7) is 3.92. The van der Waals surface area contributed by atoms with Crippen molar-refractivity contribution in [2.24, 2.45) is 28.6 Å². The predicted molar refractivity (Wildman–Crippen MR) is 116 cm³/mol. The predicted octanol–water partition coefficient (Wildman–Crippen LogP) is 2.81. The third kappa shape index (κ3) is 3.61. The average molecular weight is 451 g/mol. The van der Waals surface area contributed by atoms with Crippen LogP contribution in [-0.4, -0.2) is 56.8 Å². The fourth-order valence-corrected chi connectivity index (χ4v) is 8.06. The molecule has 0 saturated heterocycles. The molecule has 8 atom stereocenters. The Morgan fingerprint density at radius 1 is 1.22 bits per heavy atom. The highest BCUT2D eigenvalue weighted by atomic mass is 16.5. The largest absolute Gasteiger partial charge is 0.481 e. The Kier molecular flexibility index (Phi) is 6.23. The molecule has 3 saturated carbocycles. The van der Waals surface area contributed by atoms with Crippen molar-refractivity contribution in [1.29, 1.82) is 0 Å². The highest BCUT2D eigenvalue weighted by Crippen LogP contribution is 2.68. The minimum Gasteiger partial charge on any atom is -0.481 e. The van der Waals surface area contributed by atoms with Crippen LogP contribution in [0.4, 0.5) is 0 Å². The van der Waals surface area contributed by atoms with Crippen molar-refractivity contribution < 1.29 is 34.8 Å². The summed E-state index contributed by atoms with van der Waals surface area (Å²) < 4.78 is 5.09. The van der Waals surface area contributed by atoms with Crippen LogP contribution in [0.5, 0.6) is 0 Å². The lowest BCUT2D eigenvalue weighted by Gasteiger charge is -2.61. The van der Waals surface area contributed by atoms with Crippen molar-refractivity contribution in [3.63, 3.8) is 0 Å². The number of fused-ring (bicyclic) bond motifs is 5. The summed E-state index contributed by atoms with van der Waals surface area (Å²) in [6.07, 6.45) is 6.96. The van der Waals surface area contributed by atoms with Gasteiger partial charge in [0, 0.05) is 5.41 Å². The van der Waals surface area contributed by atoms with Crippen LogP contribution >= 0.6 is 0 Å². The first-order chi connectivity index (χ1) is 15.0. The third-order valence-corrected chi connectivity index (χ3v) is 9.67. The third-order valence-electron chi connectivity index (χ3n) is 9.67. The summed E-state index contributed by atoms with van der Waals surface area (Å²) in [6, 6.07) is 0. The van der Waals surface area contributed by atoms with E-state index in [2.05, 4.69) is 13.0 Å². The van der Waals surface area contributed by atoms with E-state index in [-0.39, 0.29) is 36.7 Å². The van der Waals surface area contributed by atoms with Crippen molar-refractivity contribution in [3.05, 3.63) is 11.6 Å². The van der Waals surface area contributed by atoms with Gasteiger partial charge in [-0.1, -0.05) is 25.5 Å². The maximum atomic E-state index is 11.8. The lowest BCUT2D eigenvalue weighted by molar-refractivity contribution is -0.211.